The lowest BCUT2D eigenvalue weighted by Gasteiger charge is -2.05. The first-order valence-electron chi connectivity index (χ1n) is 7.07. The molecular weight excluding hydrogens is 414 g/mol. The van der Waals surface area contributed by atoms with Gasteiger partial charge in [0.25, 0.3) is 0 Å². The van der Waals surface area contributed by atoms with Crippen molar-refractivity contribution in [2.24, 2.45) is 0 Å². The lowest BCUT2D eigenvalue weighted by atomic mass is 10.2. The Kier molecular flexibility index (Phi) is 5.44. The third-order valence-corrected chi connectivity index (χ3v) is 4.50. The van der Waals surface area contributed by atoms with Gasteiger partial charge in [-0.05, 0) is 24.3 Å². The van der Waals surface area contributed by atoms with Crippen molar-refractivity contribution in [2.45, 2.75) is 5.16 Å². The molecule has 0 aliphatic carbocycles. The number of H-pyrrole nitrogens is 1. The largest absolute Gasteiger partial charge is 0.323 e. The second-order valence-corrected chi connectivity index (χ2v) is 6.79. The highest BCUT2D eigenvalue weighted by atomic mass is 79.9. The van der Waals surface area contributed by atoms with E-state index in [9.17, 15) is 13.6 Å². The maximum absolute atomic E-state index is 13.5. The van der Waals surface area contributed by atoms with E-state index in [4.69, 9.17) is 0 Å². The van der Waals surface area contributed by atoms with Gasteiger partial charge in [0.05, 0.1) is 11.4 Å². The summed E-state index contributed by atoms with van der Waals surface area (Å²) in [7, 11) is 0. The summed E-state index contributed by atoms with van der Waals surface area (Å²) < 4.78 is 27.3. The SMILES string of the molecule is O=C(CSc1n[nH]c(-c2ccc(Br)cc2)n1)Nc1ccc(F)cc1F. The zero-order valence-corrected chi connectivity index (χ0v) is 15.0. The molecule has 0 atom stereocenters. The number of aromatic amines is 1. The summed E-state index contributed by atoms with van der Waals surface area (Å²) >= 11 is 4.46. The van der Waals surface area contributed by atoms with Gasteiger partial charge in [0.1, 0.15) is 11.6 Å². The van der Waals surface area contributed by atoms with Crippen molar-refractivity contribution < 1.29 is 13.6 Å². The van der Waals surface area contributed by atoms with Crippen molar-refractivity contribution in [3.8, 4) is 11.4 Å². The Labute approximate surface area is 154 Å². The van der Waals surface area contributed by atoms with Gasteiger partial charge in [-0.1, -0.05) is 39.8 Å². The van der Waals surface area contributed by atoms with Crippen molar-refractivity contribution in [3.63, 3.8) is 0 Å². The monoisotopic (exact) mass is 424 g/mol. The first kappa shape index (κ1) is 17.6. The molecule has 1 aromatic heterocycles. The molecule has 0 saturated heterocycles. The van der Waals surface area contributed by atoms with Crippen LogP contribution in [0.1, 0.15) is 0 Å². The number of halogens is 3. The van der Waals surface area contributed by atoms with E-state index < -0.39 is 17.5 Å². The molecule has 3 aromatic rings. The van der Waals surface area contributed by atoms with Crippen LogP contribution in [0.5, 0.6) is 0 Å². The first-order chi connectivity index (χ1) is 12.0. The number of rotatable bonds is 5. The molecule has 3 rings (SSSR count). The second kappa shape index (κ2) is 7.75. The van der Waals surface area contributed by atoms with E-state index in [1.165, 1.54) is 6.07 Å². The van der Waals surface area contributed by atoms with E-state index in [2.05, 4.69) is 36.4 Å². The fourth-order valence-electron chi connectivity index (χ4n) is 1.96. The van der Waals surface area contributed by atoms with Gasteiger partial charge in [-0.2, -0.15) is 0 Å². The first-order valence-corrected chi connectivity index (χ1v) is 8.85. The zero-order chi connectivity index (χ0) is 17.8. The van der Waals surface area contributed by atoms with E-state index in [1.807, 2.05) is 24.3 Å². The lowest BCUT2D eigenvalue weighted by molar-refractivity contribution is -0.113. The summed E-state index contributed by atoms with van der Waals surface area (Å²) in [5, 5.41) is 9.61. The number of anilines is 1. The molecule has 2 N–H and O–H groups in total. The van der Waals surface area contributed by atoms with Crippen LogP contribution < -0.4 is 5.32 Å². The standard InChI is InChI=1S/C16H11BrF2N4OS/c17-10-3-1-9(2-4-10)15-21-16(23-22-15)25-8-14(24)20-13-6-5-11(18)7-12(13)19/h1-7H,8H2,(H,20,24)(H,21,22,23). The number of amides is 1. The summed E-state index contributed by atoms with van der Waals surface area (Å²) in [6.45, 7) is 0. The maximum Gasteiger partial charge on any atom is 0.234 e. The highest BCUT2D eigenvalue weighted by Crippen LogP contribution is 2.21. The number of nitrogens with one attached hydrogen (secondary N) is 2. The number of nitrogens with zero attached hydrogens (tertiary/aromatic N) is 2. The van der Waals surface area contributed by atoms with Crippen LogP contribution in [0.3, 0.4) is 0 Å². The van der Waals surface area contributed by atoms with Crippen LogP contribution in [-0.4, -0.2) is 26.8 Å². The van der Waals surface area contributed by atoms with Crippen LogP contribution in [-0.2, 0) is 4.79 Å². The molecule has 0 saturated carbocycles. The lowest BCUT2D eigenvalue weighted by Crippen LogP contribution is -2.15. The Balaban J connectivity index is 1.58. The average molecular weight is 425 g/mol. The minimum atomic E-state index is -0.825. The van der Waals surface area contributed by atoms with Crippen molar-refractivity contribution in [2.75, 3.05) is 11.1 Å². The van der Waals surface area contributed by atoms with Gasteiger partial charge < -0.3 is 5.32 Å². The summed E-state index contributed by atoms with van der Waals surface area (Å²) in [6.07, 6.45) is 0. The highest BCUT2D eigenvalue weighted by Gasteiger charge is 2.11. The maximum atomic E-state index is 13.5. The molecule has 0 aliphatic rings. The number of aromatic nitrogens is 3. The number of hydrogen-bond donors (Lipinski definition) is 2. The number of hydrogen-bond acceptors (Lipinski definition) is 4. The quantitative estimate of drug-likeness (QED) is 0.600. The summed E-state index contributed by atoms with van der Waals surface area (Å²) in [5.74, 6) is -1.39. The Bertz CT molecular complexity index is 901. The van der Waals surface area contributed by atoms with Gasteiger partial charge in [-0.25, -0.2) is 13.8 Å². The van der Waals surface area contributed by atoms with Crippen molar-refractivity contribution in [3.05, 3.63) is 58.6 Å². The van der Waals surface area contributed by atoms with Gasteiger partial charge in [0.2, 0.25) is 11.1 Å². The molecule has 9 heteroatoms. The fourth-order valence-corrected chi connectivity index (χ4v) is 2.82. The molecule has 0 bridgehead atoms. The number of thioether (sulfide) groups is 1. The van der Waals surface area contributed by atoms with Gasteiger partial charge in [-0.3, -0.25) is 9.89 Å². The van der Waals surface area contributed by atoms with Gasteiger partial charge in [0.15, 0.2) is 5.82 Å². The van der Waals surface area contributed by atoms with Gasteiger partial charge >= 0.3 is 0 Å². The summed E-state index contributed by atoms with van der Waals surface area (Å²) in [4.78, 5) is 16.2. The van der Waals surface area contributed by atoms with Crippen LogP contribution in [0.4, 0.5) is 14.5 Å². The third-order valence-electron chi connectivity index (χ3n) is 3.12. The molecule has 1 amide bonds. The number of benzene rings is 2. The van der Waals surface area contributed by atoms with Crippen LogP contribution in [0, 0.1) is 11.6 Å². The number of carbonyl (C=O) groups is 1. The molecule has 0 unspecified atom stereocenters. The van der Waals surface area contributed by atoms with Crippen molar-refractivity contribution >= 4 is 39.3 Å². The van der Waals surface area contributed by atoms with E-state index in [-0.39, 0.29) is 11.4 Å². The molecule has 0 fully saturated rings. The molecule has 5 nitrogen and oxygen atoms in total. The molecular formula is C16H11BrF2N4OS. The molecule has 0 spiro atoms. The Hall–Kier alpha value is -2.26. The smallest absolute Gasteiger partial charge is 0.234 e. The summed E-state index contributed by atoms with van der Waals surface area (Å²) in [6, 6.07) is 10.5. The molecule has 128 valence electrons. The van der Waals surface area contributed by atoms with Gasteiger partial charge in [-0.15, -0.1) is 5.10 Å². The Morgan fingerprint density at radius 1 is 1.20 bits per heavy atom. The second-order valence-electron chi connectivity index (χ2n) is 4.93. The molecule has 0 aliphatic heterocycles. The molecule has 1 heterocycles. The van der Waals surface area contributed by atoms with E-state index >= 15 is 0 Å². The Morgan fingerprint density at radius 2 is 1.96 bits per heavy atom. The average Bonchev–Trinajstić information content (AvgIpc) is 3.05. The normalized spacial score (nSPS) is 10.7. The molecule has 0 radical (unpaired) electrons. The van der Waals surface area contributed by atoms with E-state index in [0.717, 1.165) is 27.9 Å². The van der Waals surface area contributed by atoms with E-state index in [0.29, 0.717) is 17.0 Å². The van der Waals surface area contributed by atoms with Gasteiger partial charge in [0, 0.05) is 16.1 Å². The minimum absolute atomic E-state index is 0.00551. The fraction of sp³-hybridized carbons (Fsp3) is 0.0625. The van der Waals surface area contributed by atoms with Crippen LogP contribution >= 0.6 is 27.7 Å². The van der Waals surface area contributed by atoms with Crippen LogP contribution in [0.25, 0.3) is 11.4 Å². The topological polar surface area (TPSA) is 70.7 Å². The van der Waals surface area contributed by atoms with Crippen LogP contribution in [0.15, 0.2) is 52.1 Å². The summed E-state index contributed by atoms with van der Waals surface area (Å²) in [5.41, 5.74) is 0.790. The third kappa shape index (κ3) is 4.64. The zero-order valence-electron chi connectivity index (χ0n) is 12.6. The van der Waals surface area contributed by atoms with E-state index in [1.54, 1.807) is 0 Å². The predicted molar refractivity (Wildman–Crippen MR) is 95.2 cm³/mol. The van der Waals surface area contributed by atoms with Crippen molar-refractivity contribution in [1.82, 2.24) is 15.2 Å². The number of carbonyl (C=O) groups excluding carboxylic acids is 1. The predicted octanol–water partition coefficient (Wildman–Crippen LogP) is 4.24. The minimum Gasteiger partial charge on any atom is -0.323 e. The molecule has 25 heavy (non-hydrogen) atoms. The molecule has 2 aromatic carbocycles. The Morgan fingerprint density at radius 3 is 2.68 bits per heavy atom. The van der Waals surface area contributed by atoms with Crippen LogP contribution in [0.2, 0.25) is 0 Å². The van der Waals surface area contributed by atoms with Crippen molar-refractivity contribution in [1.29, 1.82) is 0 Å². The highest BCUT2D eigenvalue weighted by molar-refractivity contribution is 9.10.